The number of esters is 1. The van der Waals surface area contributed by atoms with Crippen LogP contribution >= 0.6 is 24.0 Å². The Bertz CT molecular complexity index is 556. The minimum atomic E-state index is -0.347. The zero-order valence-corrected chi connectivity index (χ0v) is 16.9. The average molecular weight is 402 g/mol. The fraction of sp³-hybridized carbons (Fsp3) is 0.632. The summed E-state index contributed by atoms with van der Waals surface area (Å²) in [6.07, 6.45) is 2.61. The Hall–Kier alpha value is -0.850. The van der Waals surface area contributed by atoms with E-state index >= 15 is 0 Å². The third-order valence-electron chi connectivity index (χ3n) is 5.30. The zero-order chi connectivity index (χ0) is 17.6. The maximum Gasteiger partial charge on any atom is 0.327 e. The molecule has 0 aliphatic carbocycles. The van der Waals surface area contributed by atoms with E-state index in [2.05, 4.69) is 15.1 Å². The van der Waals surface area contributed by atoms with Gasteiger partial charge in [-0.25, -0.2) is 4.79 Å². The third kappa shape index (κ3) is 5.57. The van der Waals surface area contributed by atoms with Crippen LogP contribution in [0.15, 0.2) is 24.3 Å². The molecule has 0 aromatic heterocycles. The quantitative estimate of drug-likeness (QED) is 0.768. The number of benzene rings is 1. The molecule has 2 unspecified atom stereocenters. The summed E-state index contributed by atoms with van der Waals surface area (Å²) in [6.45, 7) is 7.20. The molecule has 1 aromatic rings. The van der Waals surface area contributed by atoms with Crippen molar-refractivity contribution < 1.29 is 9.53 Å². The van der Waals surface area contributed by atoms with Gasteiger partial charge in [-0.05, 0) is 49.5 Å². The molecule has 146 valence electrons. The number of nitrogens with one attached hydrogen (secondary N) is 1. The maximum absolute atomic E-state index is 12.4. The first kappa shape index (κ1) is 21.5. The van der Waals surface area contributed by atoms with Gasteiger partial charge in [0, 0.05) is 37.7 Å². The van der Waals surface area contributed by atoms with Crippen LogP contribution in [0.25, 0.3) is 0 Å². The van der Waals surface area contributed by atoms with Crippen LogP contribution in [0.5, 0.6) is 0 Å². The van der Waals surface area contributed by atoms with E-state index in [-0.39, 0.29) is 24.4 Å². The highest BCUT2D eigenvalue weighted by Crippen LogP contribution is 2.25. The number of hydrogen-bond donors (Lipinski definition) is 1. The Morgan fingerprint density at radius 1 is 1.27 bits per heavy atom. The van der Waals surface area contributed by atoms with Gasteiger partial charge in [0.05, 0.1) is 7.11 Å². The van der Waals surface area contributed by atoms with Gasteiger partial charge in [0.15, 0.2) is 0 Å². The normalized spacial score (nSPS) is 23.1. The fourth-order valence-corrected chi connectivity index (χ4v) is 4.03. The molecule has 0 spiro atoms. The molecule has 2 atom stereocenters. The van der Waals surface area contributed by atoms with Crippen LogP contribution in [0.2, 0.25) is 5.02 Å². The van der Waals surface area contributed by atoms with Crippen molar-refractivity contribution in [3.63, 3.8) is 0 Å². The van der Waals surface area contributed by atoms with Crippen LogP contribution in [0, 0.1) is 5.92 Å². The predicted molar refractivity (Wildman–Crippen MR) is 107 cm³/mol. The lowest BCUT2D eigenvalue weighted by Crippen LogP contribution is -2.51. The van der Waals surface area contributed by atoms with Gasteiger partial charge in [-0.1, -0.05) is 23.7 Å². The maximum atomic E-state index is 12.4. The van der Waals surface area contributed by atoms with Gasteiger partial charge in [-0.2, -0.15) is 0 Å². The summed E-state index contributed by atoms with van der Waals surface area (Å²) < 4.78 is 5.06. The molecule has 0 bridgehead atoms. The Balaban J connectivity index is 0.00000243. The summed E-state index contributed by atoms with van der Waals surface area (Å²) in [7, 11) is 1.46. The van der Waals surface area contributed by atoms with Crippen molar-refractivity contribution in [2.24, 2.45) is 5.92 Å². The van der Waals surface area contributed by atoms with E-state index in [4.69, 9.17) is 16.3 Å². The molecule has 0 radical (unpaired) electrons. The van der Waals surface area contributed by atoms with Crippen molar-refractivity contribution in [1.82, 2.24) is 15.1 Å². The van der Waals surface area contributed by atoms with E-state index in [1.54, 1.807) is 0 Å². The SMILES string of the molecule is COC(=O)C(c1ccc(Cl)cc1)N1CCN(CC2CCCNC2)CC1.Cl. The van der Waals surface area contributed by atoms with Gasteiger partial charge in [0.2, 0.25) is 0 Å². The first-order valence-electron chi connectivity index (χ1n) is 9.18. The number of rotatable bonds is 5. The first-order valence-corrected chi connectivity index (χ1v) is 9.55. The molecule has 2 saturated heterocycles. The largest absolute Gasteiger partial charge is 0.468 e. The molecule has 1 N–H and O–H groups in total. The van der Waals surface area contributed by atoms with Gasteiger partial charge in [-0.15, -0.1) is 12.4 Å². The van der Waals surface area contributed by atoms with Crippen molar-refractivity contribution in [3.05, 3.63) is 34.9 Å². The highest BCUT2D eigenvalue weighted by atomic mass is 35.5. The number of ether oxygens (including phenoxy) is 1. The molecule has 2 fully saturated rings. The van der Waals surface area contributed by atoms with Crippen LogP contribution in [0.4, 0.5) is 0 Å². The standard InChI is InChI=1S/C19H28ClN3O2.ClH/c1-25-19(24)18(16-4-6-17(20)7-5-16)23-11-9-22(10-12-23)14-15-3-2-8-21-13-15;/h4-7,15,18,21H,2-3,8-14H2,1H3;1H. The van der Waals surface area contributed by atoms with Gasteiger partial charge < -0.3 is 15.0 Å². The van der Waals surface area contributed by atoms with Gasteiger partial charge >= 0.3 is 5.97 Å². The van der Waals surface area contributed by atoms with Crippen LogP contribution < -0.4 is 5.32 Å². The van der Waals surface area contributed by atoms with Crippen molar-refractivity contribution in [2.75, 3.05) is 52.9 Å². The molecule has 7 heteroatoms. The minimum absolute atomic E-state index is 0. The molecule has 3 rings (SSSR count). The van der Waals surface area contributed by atoms with Gasteiger partial charge in [-0.3, -0.25) is 4.90 Å². The van der Waals surface area contributed by atoms with E-state index < -0.39 is 0 Å². The molecule has 2 aliphatic rings. The topological polar surface area (TPSA) is 44.8 Å². The van der Waals surface area contributed by atoms with E-state index in [1.807, 2.05) is 24.3 Å². The van der Waals surface area contributed by atoms with E-state index in [0.29, 0.717) is 5.02 Å². The van der Waals surface area contributed by atoms with Crippen LogP contribution in [0.3, 0.4) is 0 Å². The number of carbonyl (C=O) groups excluding carboxylic acids is 1. The van der Waals surface area contributed by atoms with E-state index in [1.165, 1.54) is 20.0 Å². The van der Waals surface area contributed by atoms with Crippen molar-refractivity contribution in [1.29, 1.82) is 0 Å². The average Bonchev–Trinajstić information content (AvgIpc) is 2.65. The lowest BCUT2D eigenvalue weighted by atomic mass is 9.98. The highest BCUT2D eigenvalue weighted by molar-refractivity contribution is 6.30. The van der Waals surface area contributed by atoms with Crippen LogP contribution in [-0.4, -0.2) is 68.7 Å². The second-order valence-electron chi connectivity index (χ2n) is 7.03. The van der Waals surface area contributed by atoms with Crippen molar-refractivity contribution in [2.45, 2.75) is 18.9 Å². The van der Waals surface area contributed by atoms with Crippen LogP contribution in [0.1, 0.15) is 24.4 Å². The number of carbonyl (C=O) groups is 1. The number of piperidine rings is 1. The van der Waals surface area contributed by atoms with E-state index in [9.17, 15) is 4.79 Å². The molecule has 26 heavy (non-hydrogen) atoms. The summed E-state index contributed by atoms with van der Waals surface area (Å²) in [5.41, 5.74) is 0.946. The number of nitrogens with zero attached hydrogens (tertiary/aromatic N) is 2. The number of piperazine rings is 1. The van der Waals surface area contributed by atoms with Crippen LogP contribution in [-0.2, 0) is 9.53 Å². The number of methoxy groups -OCH3 is 1. The summed E-state index contributed by atoms with van der Waals surface area (Å²) in [4.78, 5) is 17.1. The highest BCUT2D eigenvalue weighted by Gasteiger charge is 2.31. The summed E-state index contributed by atoms with van der Waals surface area (Å²) in [5.74, 6) is 0.556. The second kappa shape index (κ2) is 10.5. The molecule has 2 heterocycles. The summed E-state index contributed by atoms with van der Waals surface area (Å²) >= 11 is 5.99. The third-order valence-corrected chi connectivity index (χ3v) is 5.55. The Morgan fingerprint density at radius 2 is 1.96 bits per heavy atom. The molecule has 1 aromatic carbocycles. The molecule has 0 amide bonds. The number of hydrogen-bond acceptors (Lipinski definition) is 5. The minimum Gasteiger partial charge on any atom is -0.468 e. The summed E-state index contributed by atoms with van der Waals surface area (Å²) in [6, 6.07) is 7.16. The monoisotopic (exact) mass is 401 g/mol. The number of halogens is 2. The van der Waals surface area contributed by atoms with Crippen molar-refractivity contribution >= 4 is 30.0 Å². The van der Waals surface area contributed by atoms with Crippen molar-refractivity contribution in [3.8, 4) is 0 Å². The zero-order valence-electron chi connectivity index (χ0n) is 15.3. The molecule has 5 nitrogen and oxygen atoms in total. The fourth-order valence-electron chi connectivity index (χ4n) is 3.90. The Labute approximate surface area is 167 Å². The van der Waals surface area contributed by atoms with E-state index in [0.717, 1.165) is 57.3 Å². The second-order valence-corrected chi connectivity index (χ2v) is 7.46. The lowest BCUT2D eigenvalue weighted by Gasteiger charge is -2.40. The first-order chi connectivity index (χ1) is 12.2. The Kier molecular flexibility index (Phi) is 8.64. The lowest BCUT2D eigenvalue weighted by molar-refractivity contribution is -0.148. The molecule has 2 aliphatic heterocycles. The smallest absolute Gasteiger partial charge is 0.327 e. The predicted octanol–water partition coefficient (Wildman–Crippen LogP) is 2.59. The van der Waals surface area contributed by atoms with Gasteiger partial charge in [0.1, 0.15) is 6.04 Å². The molecule has 0 saturated carbocycles. The molecular weight excluding hydrogens is 373 g/mol. The summed E-state index contributed by atoms with van der Waals surface area (Å²) in [5, 5.41) is 4.17. The molecular formula is C19H29Cl2N3O2. The van der Waals surface area contributed by atoms with Gasteiger partial charge in [0.25, 0.3) is 0 Å². The Morgan fingerprint density at radius 3 is 2.54 bits per heavy atom.